The number of aromatic nitrogens is 3. The van der Waals surface area contributed by atoms with Crippen LogP contribution in [0.15, 0.2) is 60.8 Å². The van der Waals surface area contributed by atoms with E-state index in [1.165, 1.54) is 0 Å². The van der Waals surface area contributed by atoms with Crippen LogP contribution in [0, 0.1) is 6.92 Å². The molecule has 0 aliphatic carbocycles. The lowest BCUT2D eigenvalue weighted by Crippen LogP contribution is -2.18. The van der Waals surface area contributed by atoms with Crippen molar-refractivity contribution in [3.05, 3.63) is 82.6 Å². The summed E-state index contributed by atoms with van der Waals surface area (Å²) < 4.78 is 16.3. The molecule has 0 aliphatic heterocycles. The van der Waals surface area contributed by atoms with E-state index in [1.807, 2.05) is 60.8 Å². The fourth-order valence-electron chi connectivity index (χ4n) is 3.61. The molecule has 0 bridgehead atoms. The Morgan fingerprint density at radius 2 is 1.82 bits per heavy atom. The van der Waals surface area contributed by atoms with Crippen molar-refractivity contribution >= 4 is 29.1 Å². The minimum Gasteiger partial charge on any atom is -0.497 e. The molecule has 1 N–H and O–H groups in total. The lowest BCUT2D eigenvalue weighted by Gasteiger charge is -2.12. The Hall–Kier alpha value is -3.98. The first kappa shape index (κ1) is 23.2. The van der Waals surface area contributed by atoms with Gasteiger partial charge in [-0.2, -0.15) is 0 Å². The van der Waals surface area contributed by atoms with Gasteiger partial charge in [0.2, 0.25) is 0 Å². The largest absolute Gasteiger partial charge is 0.497 e. The van der Waals surface area contributed by atoms with Crippen LogP contribution in [0.4, 0.5) is 5.69 Å². The molecular formula is C25H24N4O4S. The minimum atomic E-state index is -0.521. The van der Waals surface area contributed by atoms with Crippen molar-refractivity contribution in [2.75, 3.05) is 19.0 Å². The van der Waals surface area contributed by atoms with E-state index in [4.69, 9.17) is 9.47 Å². The molecule has 2 aromatic carbocycles. The lowest BCUT2D eigenvalue weighted by molar-refractivity contribution is 0.0515. The molecule has 1 amide bonds. The smallest absolute Gasteiger partial charge is 0.357 e. The van der Waals surface area contributed by atoms with E-state index in [9.17, 15) is 9.59 Å². The third-order valence-electron chi connectivity index (χ3n) is 5.24. The number of carbonyl (C=O) groups excluding carboxylic acids is 2. The van der Waals surface area contributed by atoms with Gasteiger partial charge in [0.25, 0.3) is 5.91 Å². The summed E-state index contributed by atoms with van der Waals surface area (Å²) in [5, 5.41) is 6.86. The number of hydrogen-bond acceptors (Lipinski definition) is 7. The predicted octanol–water partition coefficient (Wildman–Crippen LogP) is 4.80. The van der Waals surface area contributed by atoms with E-state index in [0.717, 1.165) is 22.7 Å². The topological polar surface area (TPSA) is 95.3 Å². The summed E-state index contributed by atoms with van der Waals surface area (Å²) in [5.74, 6) is -0.201. The van der Waals surface area contributed by atoms with Crippen molar-refractivity contribution in [1.29, 1.82) is 0 Å². The summed E-state index contributed by atoms with van der Waals surface area (Å²) in [6, 6.07) is 17.2. The molecule has 34 heavy (non-hydrogen) atoms. The molecule has 0 saturated heterocycles. The fraction of sp³-hybridized carbons (Fsp3) is 0.200. The normalized spacial score (nSPS) is 10.7. The second-order valence-corrected chi connectivity index (χ2v) is 8.22. The summed E-state index contributed by atoms with van der Waals surface area (Å²) in [5.41, 5.74) is 3.66. The second kappa shape index (κ2) is 10.3. The van der Waals surface area contributed by atoms with E-state index in [1.54, 1.807) is 25.5 Å². The highest BCUT2D eigenvalue weighted by Gasteiger charge is 2.27. The van der Waals surface area contributed by atoms with Crippen molar-refractivity contribution in [2.45, 2.75) is 20.4 Å². The summed E-state index contributed by atoms with van der Waals surface area (Å²) in [6.07, 6.45) is 1.86. The quantitative estimate of drug-likeness (QED) is 0.367. The van der Waals surface area contributed by atoms with Gasteiger partial charge >= 0.3 is 5.97 Å². The number of rotatable bonds is 8. The molecule has 8 nitrogen and oxygen atoms in total. The Kier molecular flexibility index (Phi) is 7.03. The van der Waals surface area contributed by atoms with Crippen molar-refractivity contribution in [1.82, 2.24) is 14.2 Å². The van der Waals surface area contributed by atoms with Gasteiger partial charge in [-0.1, -0.05) is 47.0 Å². The third kappa shape index (κ3) is 4.84. The first-order chi connectivity index (χ1) is 16.5. The number of carbonyl (C=O) groups is 2. The number of hydrogen-bond donors (Lipinski definition) is 1. The summed E-state index contributed by atoms with van der Waals surface area (Å²) >= 11 is 1.00. The van der Waals surface area contributed by atoms with Gasteiger partial charge in [-0.3, -0.25) is 4.79 Å². The van der Waals surface area contributed by atoms with Crippen LogP contribution in [0.3, 0.4) is 0 Å². The first-order valence-corrected chi connectivity index (χ1v) is 11.5. The van der Waals surface area contributed by atoms with Gasteiger partial charge in [0.15, 0.2) is 5.69 Å². The molecule has 0 spiro atoms. The fourth-order valence-corrected chi connectivity index (χ4v) is 4.16. The highest BCUT2D eigenvalue weighted by Crippen LogP contribution is 2.36. The van der Waals surface area contributed by atoms with Gasteiger partial charge in [-0.25, -0.2) is 4.79 Å². The Balaban J connectivity index is 1.86. The first-order valence-electron chi connectivity index (χ1n) is 10.7. The second-order valence-electron chi connectivity index (χ2n) is 7.47. The Morgan fingerprint density at radius 1 is 1.09 bits per heavy atom. The van der Waals surface area contributed by atoms with Gasteiger partial charge in [-0.05, 0) is 48.6 Å². The zero-order chi connectivity index (χ0) is 24.1. The molecule has 174 valence electrons. The van der Waals surface area contributed by atoms with Crippen LogP contribution in [0.25, 0.3) is 11.1 Å². The number of nitrogens with one attached hydrogen (secondary N) is 1. The average molecular weight is 477 g/mol. The molecule has 9 heteroatoms. The van der Waals surface area contributed by atoms with Gasteiger partial charge in [0, 0.05) is 18.3 Å². The number of esters is 1. The van der Waals surface area contributed by atoms with Crippen LogP contribution in [0.2, 0.25) is 0 Å². The highest BCUT2D eigenvalue weighted by atomic mass is 32.1. The summed E-state index contributed by atoms with van der Waals surface area (Å²) in [7, 11) is 1.60. The Labute approximate surface area is 201 Å². The van der Waals surface area contributed by atoms with E-state index in [0.29, 0.717) is 34.1 Å². The third-order valence-corrected chi connectivity index (χ3v) is 6.07. The summed E-state index contributed by atoms with van der Waals surface area (Å²) in [6.45, 7) is 4.10. The van der Waals surface area contributed by atoms with Crippen LogP contribution in [0.5, 0.6) is 5.75 Å². The predicted molar refractivity (Wildman–Crippen MR) is 131 cm³/mol. The summed E-state index contributed by atoms with van der Waals surface area (Å²) in [4.78, 5) is 26.6. The number of ether oxygens (including phenoxy) is 2. The molecule has 0 atom stereocenters. The van der Waals surface area contributed by atoms with E-state index < -0.39 is 5.97 Å². The molecule has 4 aromatic rings. The zero-order valence-corrected chi connectivity index (χ0v) is 19.9. The average Bonchev–Trinajstić information content (AvgIpc) is 3.43. The van der Waals surface area contributed by atoms with Crippen molar-refractivity contribution in [3.8, 4) is 16.9 Å². The highest BCUT2D eigenvalue weighted by molar-refractivity contribution is 7.08. The van der Waals surface area contributed by atoms with Gasteiger partial charge in [0.05, 0.1) is 25.1 Å². The minimum absolute atomic E-state index is 0.207. The van der Waals surface area contributed by atoms with Crippen molar-refractivity contribution in [3.63, 3.8) is 0 Å². The van der Waals surface area contributed by atoms with Crippen LogP contribution < -0.4 is 10.1 Å². The van der Waals surface area contributed by atoms with Crippen molar-refractivity contribution in [2.24, 2.45) is 0 Å². The number of benzene rings is 2. The zero-order valence-electron chi connectivity index (χ0n) is 19.1. The monoisotopic (exact) mass is 476 g/mol. The molecule has 0 radical (unpaired) electrons. The number of aryl methyl sites for hydroxylation is 1. The number of nitrogens with zero attached hydrogens (tertiary/aromatic N) is 3. The molecule has 4 rings (SSSR count). The Bertz CT molecular complexity index is 1300. The van der Waals surface area contributed by atoms with Gasteiger partial charge in [-0.15, -0.1) is 5.10 Å². The van der Waals surface area contributed by atoms with Gasteiger partial charge in [0.1, 0.15) is 10.6 Å². The SMILES string of the molecule is CCOC(=O)c1c(NC(=O)c2snnc2C)c(-c2ccc(OC)cc2)cn1Cc1ccccc1. The maximum absolute atomic E-state index is 13.1. The molecule has 0 fully saturated rings. The Morgan fingerprint density at radius 3 is 2.44 bits per heavy atom. The van der Waals surface area contributed by atoms with E-state index in [-0.39, 0.29) is 18.2 Å². The van der Waals surface area contributed by atoms with Gasteiger partial charge < -0.3 is 19.4 Å². The van der Waals surface area contributed by atoms with E-state index >= 15 is 0 Å². The van der Waals surface area contributed by atoms with Crippen LogP contribution in [-0.4, -0.2) is 39.7 Å². The maximum atomic E-state index is 13.1. The molecule has 2 heterocycles. The number of anilines is 1. The van der Waals surface area contributed by atoms with Crippen LogP contribution >= 0.6 is 11.5 Å². The van der Waals surface area contributed by atoms with E-state index in [2.05, 4.69) is 14.9 Å². The number of methoxy groups -OCH3 is 1. The van der Waals surface area contributed by atoms with Crippen molar-refractivity contribution < 1.29 is 19.1 Å². The lowest BCUT2D eigenvalue weighted by atomic mass is 10.1. The molecular weight excluding hydrogens is 452 g/mol. The maximum Gasteiger partial charge on any atom is 0.357 e. The molecule has 0 unspecified atom stereocenters. The van der Waals surface area contributed by atoms with Crippen LogP contribution in [-0.2, 0) is 11.3 Å². The molecule has 2 aromatic heterocycles. The number of amides is 1. The van der Waals surface area contributed by atoms with Crippen LogP contribution in [0.1, 0.15) is 38.3 Å². The standard InChI is InChI=1S/C25H24N4O4S/c1-4-33-25(31)22-21(26-24(30)23-16(2)27-28-34-23)20(18-10-12-19(32-3)13-11-18)15-29(22)14-17-8-6-5-7-9-17/h5-13,15H,4,14H2,1-3H3,(H,26,30). The molecule has 0 aliphatic rings. The molecule has 0 saturated carbocycles.